The molecule has 0 aliphatic carbocycles. The lowest BCUT2D eigenvalue weighted by atomic mass is 9.92. The monoisotopic (exact) mass is 356 g/mol. The standard InChI is InChI=1S/C16H22BrFN2O/c1-11-7-12(2)10-20(9-11)6-5-19-16(21)14-8-13(17)3-4-15(14)18/h3-4,8,11-12H,5-7,9-10H2,1-2H3,(H,19,21)/t11-,12-/m0/s1. The molecular formula is C16H22BrFN2O. The summed E-state index contributed by atoms with van der Waals surface area (Å²) < 4.78 is 14.3. The normalized spacial score (nSPS) is 23.0. The van der Waals surface area contributed by atoms with Crippen molar-refractivity contribution < 1.29 is 9.18 Å². The van der Waals surface area contributed by atoms with E-state index in [1.54, 1.807) is 6.07 Å². The Morgan fingerprint density at radius 1 is 1.38 bits per heavy atom. The van der Waals surface area contributed by atoms with E-state index in [4.69, 9.17) is 0 Å². The van der Waals surface area contributed by atoms with Crippen molar-refractivity contribution in [3.63, 3.8) is 0 Å². The van der Waals surface area contributed by atoms with Crippen molar-refractivity contribution in [2.45, 2.75) is 20.3 Å². The van der Waals surface area contributed by atoms with Gasteiger partial charge in [0.2, 0.25) is 0 Å². The second kappa shape index (κ2) is 7.36. The summed E-state index contributed by atoms with van der Waals surface area (Å²) in [6.45, 7) is 8.04. The van der Waals surface area contributed by atoms with Crippen molar-refractivity contribution >= 4 is 21.8 Å². The van der Waals surface area contributed by atoms with E-state index in [-0.39, 0.29) is 11.5 Å². The summed E-state index contributed by atoms with van der Waals surface area (Å²) in [5.41, 5.74) is 0.0877. The van der Waals surface area contributed by atoms with Crippen LogP contribution in [-0.4, -0.2) is 37.0 Å². The molecular weight excluding hydrogens is 335 g/mol. The molecule has 2 atom stereocenters. The van der Waals surface area contributed by atoms with Gasteiger partial charge in [-0.25, -0.2) is 4.39 Å². The minimum atomic E-state index is -0.490. The van der Waals surface area contributed by atoms with Crippen LogP contribution < -0.4 is 5.32 Å². The Morgan fingerprint density at radius 2 is 2.05 bits per heavy atom. The highest BCUT2D eigenvalue weighted by atomic mass is 79.9. The van der Waals surface area contributed by atoms with Crippen LogP contribution in [0, 0.1) is 17.7 Å². The first-order valence-corrected chi connectivity index (χ1v) is 8.20. The number of amides is 1. The van der Waals surface area contributed by atoms with Gasteiger partial charge in [0.1, 0.15) is 5.82 Å². The molecule has 1 saturated heterocycles. The zero-order valence-corrected chi connectivity index (χ0v) is 14.1. The molecule has 116 valence electrons. The Hall–Kier alpha value is -0.940. The van der Waals surface area contributed by atoms with Crippen LogP contribution in [0.4, 0.5) is 4.39 Å². The number of nitrogens with one attached hydrogen (secondary N) is 1. The van der Waals surface area contributed by atoms with Gasteiger partial charge in [0.05, 0.1) is 5.56 Å². The highest BCUT2D eigenvalue weighted by Gasteiger charge is 2.21. The molecule has 0 radical (unpaired) electrons. The first kappa shape index (κ1) is 16.4. The van der Waals surface area contributed by atoms with Crippen molar-refractivity contribution in [3.05, 3.63) is 34.1 Å². The number of likely N-dealkylation sites (tertiary alicyclic amines) is 1. The summed E-state index contributed by atoms with van der Waals surface area (Å²) in [5, 5.41) is 2.80. The van der Waals surface area contributed by atoms with Gasteiger partial charge in [0.15, 0.2) is 0 Å². The van der Waals surface area contributed by atoms with Gasteiger partial charge in [-0.15, -0.1) is 0 Å². The van der Waals surface area contributed by atoms with Crippen molar-refractivity contribution in [2.75, 3.05) is 26.2 Å². The number of carbonyl (C=O) groups excluding carboxylic acids is 1. The molecule has 1 aliphatic heterocycles. The third-order valence-electron chi connectivity index (χ3n) is 3.83. The molecule has 1 aromatic carbocycles. The van der Waals surface area contributed by atoms with Crippen LogP contribution in [0.2, 0.25) is 0 Å². The summed E-state index contributed by atoms with van der Waals surface area (Å²) in [6.07, 6.45) is 1.27. The van der Waals surface area contributed by atoms with Crippen LogP contribution in [0.1, 0.15) is 30.6 Å². The fourth-order valence-corrected chi connectivity index (χ4v) is 3.43. The second-order valence-electron chi connectivity index (χ2n) is 6.09. The predicted molar refractivity (Wildman–Crippen MR) is 85.8 cm³/mol. The fraction of sp³-hybridized carbons (Fsp3) is 0.562. The lowest BCUT2D eigenvalue weighted by molar-refractivity contribution is 0.0932. The molecule has 1 heterocycles. The Labute approximate surface area is 134 Å². The van der Waals surface area contributed by atoms with E-state index in [0.717, 1.165) is 19.6 Å². The van der Waals surface area contributed by atoms with Crippen LogP contribution in [-0.2, 0) is 0 Å². The number of piperidine rings is 1. The molecule has 1 aromatic rings. The number of rotatable bonds is 4. The van der Waals surface area contributed by atoms with Crippen molar-refractivity contribution in [1.29, 1.82) is 0 Å². The van der Waals surface area contributed by atoms with E-state index in [1.807, 2.05) is 0 Å². The summed E-state index contributed by atoms with van der Waals surface area (Å²) in [6, 6.07) is 4.39. The Morgan fingerprint density at radius 3 is 2.71 bits per heavy atom. The summed E-state index contributed by atoms with van der Waals surface area (Å²) in [7, 11) is 0. The Kier molecular flexibility index (Phi) is 5.76. The molecule has 1 fully saturated rings. The highest BCUT2D eigenvalue weighted by molar-refractivity contribution is 9.10. The Bertz CT molecular complexity index is 499. The SMILES string of the molecule is C[C@H]1C[C@H](C)CN(CCNC(=O)c2cc(Br)ccc2F)C1. The van der Waals surface area contributed by atoms with Gasteiger partial charge in [-0.3, -0.25) is 4.79 Å². The fourth-order valence-electron chi connectivity index (χ4n) is 3.07. The molecule has 1 amide bonds. The molecule has 0 saturated carbocycles. The van der Waals surface area contributed by atoms with Gasteiger partial charge in [-0.2, -0.15) is 0 Å². The number of nitrogens with zero attached hydrogens (tertiary/aromatic N) is 1. The lowest BCUT2D eigenvalue weighted by Crippen LogP contribution is -2.42. The molecule has 21 heavy (non-hydrogen) atoms. The number of hydrogen-bond acceptors (Lipinski definition) is 2. The van der Waals surface area contributed by atoms with Crippen LogP contribution >= 0.6 is 15.9 Å². The minimum Gasteiger partial charge on any atom is -0.351 e. The lowest BCUT2D eigenvalue weighted by Gasteiger charge is -2.34. The zero-order chi connectivity index (χ0) is 15.4. The van der Waals surface area contributed by atoms with Crippen LogP contribution in [0.15, 0.2) is 22.7 Å². The number of halogens is 2. The van der Waals surface area contributed by atoms with E-state index in [9.17, 15) is 9.18 Å². The van der Waals surface area contributed by atoms with E-state index in [1.165, 1.54) is 18.6 Å². The van der Waals surface area contributed by atoms with Gasteiger partial charge in [-0.1, -0.05) is 29.8 Å². The molecule has 0 bridgehead atoms. The Balaban J connectivity index is 1.83. The van der Waals surface area contributed by atoms with E-state index in [2.05, 4.69) is 40.0 Å². The average Bonchev–Trinajstić information content (AvgIpc) is 2.40. The van der Waals surface area contributed by atoms with Gasteiger partial charge in [0, 0.05) is 30.7 Å². The van der Waals surface area contributed by atoms with E-state index in [0.29, 0.717) is 22.9 Å². The van der Waals surface area contributed by atoms with Crippen LogP contribution in [0.5, 0.6) is 0 Å². The summed E-state index contributed by atoms with van der Waals surface area (Å²) >= 11 is 3.25. The van der Waals surface area contributed by atoms with Gasteiger partial charge in [0.25, 0.3) is 5.91 Å². The second-order valence-corrected chi connectivity index (χ2v) is 7.00. The molecule has 3 nitrogen and oxygen atoms in total. The largest absolute Gasteiger partial charge is 0.351 e. The number of carbonyl (C=O) groups is 1. The smallest absolute Gasteiger partial charge is 0.254 e. The minimum absolute atomic E-state index is 0.0877. The van der Waals surface area contributed by atoms with Gasteiger partial charge in [-0.05, 0) is 36.5 Å². The van der Waals surface area contributed by atoms with Crippen molar-refractivity contribution in [1.82, 2.24) is 10.2 Å². The van der Waals surface area contributed by atoms with Crippen LogP contribution in [0.25, 0.3) is 0 Å². The number of benzene rings is 1. The molecule has 1 N–H and O–H groups in total. The van der Waals surface area contributed by atoms with Crippen molar-refractivity contribution in [3.8, 4) is 0 Å². The van der Waals surface area contributed by atoms with E-state index < -0.39 is 5.82 Å². The first-order chi connectivity index (χ1) is 9.95. The average molecular weight is 357 g/mol. The quantitative estimate of drug-likeness (QED) is 0.897. The molecule has 0 unspecified atom stereocenters. The summed E-state index contributed by atoms with van der Waals surface area (Å²) in [5.74, 6) is 0.557. The zero-order valence-electron chi connectivity index (χ0n) is 12.5. The maximum absolute atomic E-state index is 13.6. The summed E-state index contributed by atoms with van der Waals surface area (Å²) in [4.78, 5) is 14.4. The van der Waals surface area contributed by atoms with Gasteiger partial charge >= 0.3 is 0 Å². The third-order valence-corrected chi connectivity index (χ3v) is 4.32. The molecule has 0 spiro atoms. The maximum atomic E-state index is 13.6. The molecule has 2 rings (SSSR count). The number of hydrogen-bond donors (Lipinski definition) is 1. The van der Waals surface area contributed by atoms with E-state index >= 15 is 0 Å². The van der Waals surface area contributed by atoms with Crippen LogP contribution in [0.3, 0.4) is 0 Å². The molecule has 5 heteroatoms. The molecule has 1 aliphatic rings. The maximum Gasteiger partial charge on any atom is 0.254 e. The van der Waals surface area contributed by atoms with Gasteiger partial charge < -0.3 is 10.2 Å². The highest BCUT2D eigenvalue weighted by Crippen LogP contribution is 2.20. The first-order valence-electron chi connectivity index (χ1n) is 7.41. The molecule has 0 aromatic heterocycles. The topological polar surface area (TPSA) is 32.3 Å². The van der Waals surface area contributed by atoms with Crippen molar-refractivity contribution in [2.24, 2.45) is 11.8 Å². The predicted octanol–water partition coefficient (Wildman–Crippen LogP) is 3.30. The third kappa shape index (κ3) is 4.78.